The van der Waals surface area contributed by atoms with Crippen molar-refractivity contribution in [3.05, 3.63) is 70.8 Å². The molecular formula is C22H26N2O2S. The summed E-state index contributed by atoms with van der Waals surface area (Å²) < 4.78 is 0. The quantitative estimate of drug-likeness (QED) is 0.758. The van der Waals surface area contributed by atoms with Gasteiger partial charge in [0.05, 0.1) is 0 Å². The van der Waals surface area contributed by atoms with Crippen LogP contribution in [-0.4, -0.2) is 34.8 Å². The first-order valence-corrected chi connectivity index (χ1v) is 10.8. The van der Waals surface area contributed by atoms with Crippen molar-refractivity contribution in [3.8, 4) is 0 Å². The average molecular weight is 383 g/mol. The van der Waals surface area contributed by atoms with Crippen LogP contribution in [0.15, 0.2) is 48.5 Å². The zero-order valence-corrected chi connectivity index (χ0v) is 16.7. The van der Waals surface area contributed by atoms with E-state index >= 15 is 0 Å². The fourth-order valence-corrected chi connectivity index (χ4v) is 4.02. The van der Waals surface area contributed by atoms with Crippen molar-refractivity contribution in [1.29, 1.82) is 0 Å². The molecule has 0 aromatic heterocycles. The maximum absolute atomic E-state index is 13.0. The van der Waals surface area contributed by atoms with Crippen LogP contribution in [-0.2, 0) is 24.3 Å². The summed E-state index contributed by atoms with van der Waals surface area (Å²) in [6, 6.07) is 15.3. The molecule has 5 heteroatoms. The van der Waals surface area contributed by atoms with Crippen LogP contribution in [0.4, 0.5) is 0 Å². The number of hydrogen-bond donors (Lipinski definition) is 1. The Kier molecular flexibility index (Phi) is 6.56. The highest BCUT2D eigenvalue weighted by molar-refractivity contribution is 7.98. The summed E-state index contributed by atoms with van der Waals surface area (Å²) in [5.74, 6) is 0.723. The summed E-state index contributed by atoms with van der Waals surface area (Å²) in [4.78, 5) is 27.5. The number of fused-ring (bicyclic) bond motifs is 1. The van der Waals surface area contributed by atoms with Crippen LogP contribution >= 0.6 is 11.8 Å². The first kappa shape index (κ1) is 19.5. The molecule has 0 bridgehead atoms. The lowest BCUT2D eigenvalue weighted by Crippen LogP contribution is -2.47. The molecule has 2 aromatic carbocycles. The van der Waals surface area contributed by atoms with Gasteiger partial charge in [-0.3, -0.25) is 9.59 Å². The molecule has 27 heavy (non-hydrogen) atoms. The van der Waals surface area contributed by atoms with E-state index in [9.17, 15) is 9.59 Å². The molecule has 1 aliphatic rings. The molecule has 2 aromatic rings. The maximum Gasteiger partial charge on any atom is 0.255 e. The largest absolute Gasteiger partial charge is 0.350 e. The summed E-state index contributed by atoms with van der Waals surface area (Å²) >= 11 is 1.69. The molecule has 0 saturated carbocycles. The number of aryl methyl sites for hydroxylation is 1. The summed E-state index contributed by atoms with van der Waals surface area (Å²) in [7, 11) is 0. The molecule has 4 nitrogen and oxygen atoms in total. The van der Waals surface area contributed by atoms with Crippen molar-refractivity contribution in [2.24, 2.45) is 0 Å². The summed E-state index contributed by atoms with van der Waals surface area (Å²) in [5, 5.41) is 3.06. The van der Waals surface area contributed by atoms with Gasteiger partial charge in [-0.2, -0.15) is 11.8 Å². The highest BCUT2D eigenvalue weighted by Crippen LogP contribution is 2.26. The minimum atomic E-state index is -0.439. The molecule has 0 fully saturated rings. The molecule has 1 atom stereocenters. The van der Waals surface area contributed by atoms with Gasteiger partial charge in [0, 0.05) is 18.7 Å². The molecule has 0 saturated heterocycles. The van der Waals surface area contributed by atoms with E-state index in [0.29, 0.717) is 19.5 Å². The highest BCUT2D eigenvalue weighted by atomic mass is 32.2. The van der Waals surface area contributed by atoms with E-state index in [2.05, 4.69) is 18.3 Å². The summed E-state index contributed by atoms with van der Waals surface area (Å²) in [6.07, 6.45) is 3.61. The van der Waals surface area contributed by atoms with Crippen LogP contribution < -0.4 is 5.32 Å². The van der Waals surface area contributed by atoms with E-state index in [-0.39, 0.29) is 11.8 Å². The van der Waals surface area contributed by atoms with Crippen LogP contribution in [0, 0.1) is 0 Å². The van der Waals surface area contributed by atoms with Crippen LogP contribution in [0.3, 0.4) is 0 Å². The van der Waals surface area contributed by atoms with Crippen molar-refractivity contribution in [2.75, 3.05) is 12.0 Å². The number of thioether (sulfide) groups is 1. The third kappa shape index (κ3) is 4.35. The van der Waals surface area contributed by atoms with E-state index in [0.717, 1.165) is 28.9 Å². The Labute approximate surface area is 165 Å². The first-order valence-electron chi connectivity index (χ1n) is 9.38. The zero-order valence-electron chi connectivity index (χ0n) is 15.9. The number of nitrogens with one attached hydrogen (secondary N) is 1. The Bertz CT molecular complexity index is 821. The Hall–Kier alpha value is -2.27. The highest BCUT2D eigenvalue weighted by Gasteiger charge is 2.35. The van der Waals surface area contributed by atoms with Crippen LogP contribution in [0.1, 0.15) is 40.4 Å². The third-order valence-electron chi connectivity index (χ3n) is 5.08. The monoisotopic (exact) mass is 382 g/mol. The van der Waals surface area contributed by atoms with Gasteiger partial charge in [-0.15, -0.1) is 0 Å². The van der Waals surface area contributed by atoms with Crippen molar-refractivity contribution < 1.29 is 9.59 Å². The number of carbonyl (C=O) groups is 2. The van der Waals surface area contributed by atoms with Crippen LogP contribution in [0.2, 0.25) is 0 Å². The minimum Gasteiger partial charge on any atom is -0.350 e. The van der Waals surface area contributed by atoms with E-state index in [4.69, 9.17) is 0 Å². The molecule has 1 aliphatic heterocycles. The standard InChI is InChI=1S/C22H26N2O2S/c1-3-16-8-4-5-9-17(16)14-23-21(25)20(12-13-27-2)24-15-18-10-6-7-11-19(18)22(24)26/h4-11,20H,3,12-15H2,1-2H3,(H,23,25)/t20-/m0/s1. The lowest BCUT2D eigenvalue weighted by Gasteiger charge is -2.27. The van der Waals surface area contributed by atoms with Gasteiger partial charge >= 0.3 is 0 Å². The third-order valence-corrected chi connectivity index (χ3v) is 5.72. The Morgan fingerprint density at radius 3 is 2.56 bits per heavy atom. The molecular weight excluding hydrogens is 356 g/mol. The van der Waals surface area contributed by atoms with Crippen molar-refractivity contribution in [1.82, 2.24) is 10.2 Å². The minimum absolute atomic E-state index is 0.0409. The second-order valence-electron chi connectivity index (χ2n) is 6.73. The predicted octanol–water partition coefficient (Wildman–Crippen LogP) is 3.64. The Balaban J connectivity index is 1.73. The van der Waals surface area contributed by atoms with E-state index in [1.807, 2.05) is 48.7 Å². The van der Waals surface area contributed by atoms with Gasteiger partial charge < -0.3 is 10.2 Å². The molecule has 2 amide bonds. The Morgan fingerprint density at radius 1 is 1.15 bits per heavy atom. The van der Waals surface area contributed by atoms with Crippen molar-refractivity contribution in [2.45, 2.75) is 38.9 Å². The number of carbonyl (C=O) groups excluding carboxylic acids is 2. The SMILES string of the molecule is CCc1ccccc1CNC(=O)[C@H](CCSC)N1Cc2ccccc2C1=O. The van der Waals surface area contributed by atoms with E-state index < -0.39 is 6.04 Å². The maximum atomic E-state index is 13.0. The first-order chi connectivity index (χ1) is 13.2. The van der Waals surface area contributed by atoms with Crippen LogP contribution in [0.25, 0.3) is 0 Å². The lowest BCUT2D eigenvalue weighted by atomic mass is 10.1. The Morgan fingerprint density at radius 2 is 1.85 bits per heavy atom. The van der Waals surface area contributed by atoms with Gasteiger partial charge in [0.25, 0.3) is 5.91 Å². The smallest absolute Gasteiger partial charge is 0.255 e. The van der Waals surface area contributed by atoms with E-state index in [1.165, 1.54) is 5.56 Å². The molecule has 0 aliphatic carbocycles. The number of amides is 2. The topological polar surface area (TPSA) is 49.4 Å². The van der Waals surface area contributed by atoms with Crippen molar-refractivity contribution >= 4 is 23.6 Å². The normalized spacial score (nSPS) is 14.1. The number of benzene rings is 2. The van der Waals surface area contributed by atoms with Gasteiger partial charge in [-0.05, 0) is 47.6 Å². The predicted molar refractivity (Wildman–Crippen MR) is 111 cm³/mol. The lowest BCUT2D eigenvalue weighted by molar-refractivity contribution is -0.126. The zero-order chi connectivity index (χ0) is 19.2. The average Bonchev–Trinajstić information content (AvgIpc) is 3.03. The molecule has 1 heterocycles. The van der Waals surface area contributed by atoms with E-state index in [1.54, 1.807) is 16.7 Å². The number of nitrogens with zero attached hydrogens (tertiary/aromatic N) is 1. The van der Waals surface area contributed by atoms with Gasteiger partial charge in [0.2, 0.25) is 5.91 Å². The molecule has 3 rings (SSSR count). The molecule has 0 spiro atoms. The molecule has 0 unspecified atom stereocenters. The second kappa shape index (κ2) is 9.09. The fraction of sp³-hybridized carbons (Fsp3) is 0.364. The summed E-state index contributed by atoms with van der Waals surface area (Å²) in [5.41, 5.74) is 4.09. The van der Waals surface area contributed by atoms with Crippen molar-refractivity contribution in [3.63, 3.8) is 0 Å². The number of rotatable bonds is 8. The van der Waals surface area contributed by atoms with Gasteiger partial charge in [-0.25, -0.2) is 0 Å². The number of hydrogen-bond acceptors (Lipinski definition) is 3. The summed E-state index contributed by atoms with van der Waals surface area (Å²) in [6.45, 7) is 3.11. The molecule has 1 N–H and O–H groups in total. The van der Waals surface area contributed by atoms with Crippen LogP contribution in [0.5, 0.6) is 0 Å². The molecule has 0 radical (unpaired) electrons. The second-order valence-corrected chi connectivity index (χ2v) is 7.71. The molecule has 142 valence electrons. The van der Waals surface area contributed by atoms with Gasteiger partial charge in [0.15, 0.2) is 0 Å². The van der Waals surface area contributed by atoms with Gasteiger partial charge in [-0.1, -0.05) is 49.4 Å². The fourth-order valence-electron chi connectivity index (χ4n) is 3.56. The van der Waals surface area contributed by atoms with Gasteiger partial charge in [0.1, 0.15) is 6.04 Å².